The van der Waals surface area contributed by atoms with Crippen LogP contribution in [0.3, 0.4) is 0 Å². The topological polar surface area (TPSA) is 37.3 Å². The van der Waals surface area contributed by atoms with Crippen molar-refractivity contribution in [3.63, 3.8) is 0 Å². The monoisotopic (exact) mass is 150 g/mol. The molecule has 0 amide bonds. The lowest BCUT2D eigenvalue weighted by molar-refractivity contribution is -0.111. The van der Waals surface area contributed by atoms with Crippen LogP contribution in [0.2, 0.25) is 0 Å². The predicted molar refractivity (Wildman–Crippen MR) is 43.2 cm³/mol. The van der Waals surface area contributed by atoms with Gasteiger partial charge in [0.2, 0.25) is 0 Å². The Kier molecular flexibility index (Phi) is 1.94. The molecule has 0 heterocycles. The van der Waals surface area contributed by atoms with Crippen LogP contribution < -0.4 is 0 Å². The first-order valence-electron chi connectivity index (χ1n) is 3.45. The van der Waals surface area contributed by atoms with Crippen molar-refractivity contribution in [1.82, 2.24) is 0 Å². The summed E-state index contributed by atoms with van der Waals surface area (Å²) in [6, 6.07) is 0. The second kappa shape index (κ2) is 2.74. The van der Waals surface area contributed by atoms with Crippen LogP contribution in [0.4, 0.5) is 0 Å². The van der Waals surface area contributed by atoms with Crippen LogP contribution in [0.1, 0.15) is 13.8 Å². The maximum Gasteiger partial charge on any atom is 0.186 e. The Labute approximate surface area is 65.5 Å². The highest BCUT2D eigenvalue weighted by Gasteiger charge is 2.12. The molecule has 0 aromatic rings. The zero-order valence-electron chi connectivity index (χ0n) is 6.59. The van der Waals surface area contributed by atoms with Gasteiger partial charge in [-0.2, -0.15) is 0 Å². The van der Waals surface area contributed by atoms with Crippen LogP contribution in [0.5, 0.6) is 0 Å². The molecule has 58 valence electrons. The first-order chi connectivity index (χ1) is 5.15. The highest BCUT2D eigenvalue weighted by atomic mass is 16.3. The molecule has 2 heteroatoms. The van der Waals surface area contributed by atoms with E-state index in [1.807, 2.05) is 0 Å². The van der Waals surface area contributed by atoms with Crippen LogP contribution in [-0.2, 0) is 4.79 Å². The van der Waals surface area contributed by atoms with Crippen molar-refractivity contribution >= 4 is 5.78 Å². The Morgan fingerprint density at radius 3 is 2.64 bits per heavy atom. The number of carbonyl (C=O) groups excluding carboxylic acids is 1. The van der Waals surface area contributed by atoms with Crippen molar-refractivity contribution in [3.8, 4) is 0 Å². The average Bonchev–Trinajstić information content (AvgIpc) is 1.97. The Morgan fingerprint density at radius 2 is 2.09 bits per heavy atom. The summed E-state index contributed by atoms with van der Waals surface area (Å²) >= 11 is 0. The molecule has 11 heavy (non-hydrogen) atoms. The minimum absolute atomic E-state index is 0.0391. The molecular weight excluding hydrogens is 140 g/mol. The van der Waals surface area contributed by atoms with Crippen LogP contribution >= 0.6 is 0 Å². The molecule has 0 aliphatic heterocycles. The van der Waals surface area contributed by atoms with Gasteiger partial charge in [0, 0.05) is 5.57 Å². The second-order valence-electron chi connectivity index (χ2n) is 2.47. The third-order valence-corrected chi connectivity index (χ3v) is 1.64. The fourth-order valence-electron chi connectivity index (χ4n) is 0.912. The number of carbonyl (C=O) groups is 1. The maximum atomic E-state index is 11.1. The molecule has 0 saturated carbocycles. The molecule has 0 aromatic carbocycles. The molecule has 1 N–H and O–H groups in total. The Hall–Kier alpha value is -1.31. The van der Waals surface area contributed by atoms with Crippen molar-refractivity contribution < 1.29 is 9.90 Å². The van der Waals surface area contributed by atoms with Crippen molar-refractivity contribution in [2.24, 2.45) is 0 Å². The third kappa shape index (κ3) is 1.40. The summed E-state index contributed by atoms with van der Waals surface area (Å²) in [5.74, 6) is 0.139. The zero-order chi connectivity index (χ0) is 8.43. The van der Waals surface area contributed by atoms with E-state index in [1.54, 1.807) is 19.9 Å². The first-order valence-corrected chi connectivity index (χ1v) is 3.45. The van der Waals surface area contributed by atoms with E-state index in [0.29, 0.717) is 11.1 Å². The van der Waals surface area contributed by atoms with E-state index < -0.39 is 0 Å². The van der Waals surface area contributed by atoms with Crippen LogP contribution in [0, 0.1) is 0 Å². The smallest absolute Gasteiger partial charge is 0.186 e. The van der Waals surface area contributed by atoms with Gasteiger partial charge in [0.25, 0.3) is 0 Å². The van der Waals surface area contributed by atoms with Gasteiger partial charge in [-0.05, 0) is 31.6 Å². The molecule has 0 saturated heterocycles. The van der Waals surface area contributed by atoms with Gasteiger partial charge in [0.1, 0.15) is 5.76 Å². The summed E-state index contributed by atoms with van der Waals surface area (Å²) in [6.45, 7) is 3.47. The number of aliphatic hydroxyl groups excluding tert-OH is 1. The van der Waals surface area contributed by atoms with E-state index in [9.17, 15) is 9.90 Å². The predicted octanol–water partition coefficient (Wildman–Crippen LogP) is 1.90. The summed E-state index contributed by atoms with van der Waals surface area (Å²) in [5.41, 5.74) is 1.17. The van der Waals surface area contributed by atoms with Crippen molar-refractivity contribution in [1.29, 1.82) is 0 Å². The summed E-state index contributed by atoms with van der Waals surface area (Å²) < 4.78 is 0. The summed E-state index contributed by atoms with van der Waals surface area (Å²) in [4.78, 5) is 11.1. The van der Waals surface area contributed by atoms with Gasteiger partial charge in [-0.1, -0.05) is 6.08 Å². The van der Waals surface area contributed by atoms with E-state index in [1.165, 1.54) is 12.2 Å². The molecule has 1 aliphatic rings. The first kappa shape index (κ1) is 7.79. The Balaban J connectivity index is 3.08. The number of rotatable bonds is 0. The molecule has 1 rings (SSSR count). The molecule has 0 unspecified atom stereocenters. The van der Waals surface area contributed by atoms with E-state index in [-0.39, 0.29) is 11.5 Å². The maximum absolute atomic E-state index is 11.1. The number of aliphatic hydroxyl groups is 1. The van der Waals surface area contributed by atoms with E-state index in [4.69, 9.17) is 0 Å². The molecule has 2 nitrogen and oxygen atoms in total. The molecule has 0 radical (unpaired) electrons. The molecular formula is C9H10O2. The number of hydrogen-bond donors (Lipinski definition) is 1. The minimum atomic E-state index is -0.0391. The van der Waals surface area contributed by atoms with Gasteiger partial charge in [-0.25, -0.2) is 0 Å². The molecule has 0 bridgehead atoms. The lowest BCUT2D eigenvalue weighted by Crippen LogP contribution is -2.04. The van der Waals surface area contributed by atoms with Crippen molar-refractivity contribution in [3.05, 3.63) is 35.1 Å². The molecule has 0 atom stereocenters. The van der Waals surface area contributed by atoms with Crippen LogP contribution in [0.15, 0.2) is 35.1 Å². The zero-order valence-corrected chi connectivity index (χ0v) is 6.59. The highest BCUT2D eigenvalue weighted by molar-refractivity contribution is 6.08. The molecule has 0 aromatic heterocycles. The van der Waals surface area contributed by atoms with Crippen molar-refractivity contribution in [2.75, 3.05) is 0 Å². The highest BCUT2D eigenvalue weighted by Crippen LogP contribution is 2.16. The summed E-state index contributed by atoms with van der Waals surface area (Å²) in [6.07, 6.45) is 4.60. The van der Waals surface area contributed by atoms with Gasteiger partial charge < -0.3 is 5.11 Å². The number of hydrogen-bond acceptors (Lipinski definition) is 2. The Bertz CT molecular complexity index is 280. The largest absolute Gasteiger partial charge is 0.508 e. The van der Waals surface area contributed by atoms with Crippen LogP contribution in [-0.4, -0.2) is 10.9 Å². The van der Waals surface area contributed by atoms with Gasteiger partial charge in [-0.3, -0.25) is 4.79 Å². The quantitative estimate of drug-likeness (QED) is 0.535. The standard InChI is InChI=1S/C9H10O2/c1-3-7-5-8(10)6(2)4-9(7)11/h3-5,10H,1-2H3/b7-3+. The van der Waals surface area contributed by atoms with Crippen LogP contribution in [0.25, 0.3) is 0 Å². The minimum Gasteiger partial charge on any atom is -0.508 e. The fourth-order valence-corrected chi connectivity index (χ4v) is 0.912. The van der Waals surface area contributed by atoms with Gasteiger partial charge in [0.15, 0.2) is 5.78 Å². The Morgan fingerprint density at radius 1 is 1.45 bits per heavy atom. The average molecular weight is 150 g/mol. The van der Waals surface area contributed by atoms with E-state index in [2.05, 4.69) is 0 Å². The molecule has 1 aliphatic carbocycles. The van der Waals surface area contributed by atoms with Gasteiger partial charge in [0.05, 0.1) is 0 Å². The van der Waals surface area contributed by atoms with Gasteiger partial charge in [-0.15, -0.1) is 0 Å². The van der Waals surface area contributed by atoms with E-state index >= 15 is 0 Å². The van der Waals surface area contributed by atoms with E-state index in [0.717, 1.165) is 0 Å². The third-order valence-electron chi connectivity index (χ3n) is 1.64. The fraction of sp³-hybridized carbons (Fsp3) is 0.222. The molecule has 0 spiro atoms. The normalized spacial score (nSPS) is 21.6. The molecule has 0 fully saturated rings. The summed E-state index contributed by atoms with van der Waals surface area (Å²) in [5, 5.41) is 9.20. The van der Waals surface area contributed by atoms with Crippen molar-refractivity contribution in [2.45, 2.75) is 13.8 Å². The summed E-state index contributed by atoms with van der Waals surface area (Å²) in [7, 11) is 0. The second-order valence-corrected chi connectivity index (χ2v) is 2.47. The lowest BCUT2D eigenvalue weighted by atomic mass is 10.0. The lowest BCUT2D eigenvalue weighted by Gasteiger charge is -2.07. The SMILES string of the molecule is C/C=C1\C=C(O)C(C)=CC1=O. The van der Waals surface area contributed by atoms with Gasteiger partial charge >= 0.3 is 0 Å². The number of allylic oxidation sites excluding steroid dienone is 5. The number of ketones is 1.